The molecule has 0 bridgehead atoms. The van der Waals surface area contributed by atoms with E-state index in [0.717, 1.165) is 22.3 Å². The lowest BCUT2D eigenvalue weighted by atomic mass is 9.99. The third-order valence-corrected chi connectivity index (χ3v) is 6.02. The van der Waals surface area contributed by atoms with Crippen molar-refractivity contribution in [3.63, 3.8) is 0 Å². The number of hydrogen-bond acceptors (Lipinski definition) is 1. The van der Waals surface area contributed by atoms with Gasteiger partial charge in [0.15, 0.2) is 5.78 Å². The largest absolute Gasteiger partial charge is 0.289 e. The number of alkyl halides is 2. The summed E-state index contributed by atoms with van der Waals surface area (Å²) in [4.78, 5) is 12.8. The van der Waals surface area contributed by atoms with Crippen LogP contribution in [0.5, 0.6) is 0 Å². The van der Waals surface area contributed by atoms with Crippen LogP contribution in [0.2, 0.25) is 0 Å². The average Bonchev–Trinajstić information content (AvgIpc) is 2.51. The highest BCUT2D eigenvalue weighted by atomic mass is 79.9. The minimum absolute atomic E-state index is 0.0984. The van der Waals surface area contributed by atoms with E-state index in [2.05, 4.69) is 31.9 Å². The predicted octanol–water partition coefficient (Wildman–Crippen LogP) is 4.80. The zero-order chi connectivity index (χ0) is 12.7. The molecule has 1 nitrogen and oxygen atoms in total. The van der Waals surface area contributed by atoms with Crippen molar-refractivity contribution in [3.05, 3.63) is 70.8 Å². The normalized spacial score (nSPS) is 22.0. The van der Waals surface area contributed by atoms with Gasteiger partial charge in [0, 0.05) is 11.1 Å². The Labute approximate surface area is 122 Å². The first kappa shape index (κ1) is 12.1. The number of halogens is 2. The molecule has 3 rings (SSSR count). The highest BCUT2D eigenvalue weighted by Crippen LogP contribution is 2.47. The lowest BCUT2D eigenvalue weighted by Crippen LogP contribution is -2.03. The number of ketones is 1. The molecule has 0 fully saturated rings. The minimum Gasteiger partial charge on any atom is -0.289 e. The van der Waals surface area contributed by atoms with Gasteiger partial charge in [-0.3, -0.25) is 4.79 Å². The van der Waals surface area contributed by atoms with Crippen LogP contribution in [0.15, 0.2) is 48.5 Å². The molecule has 0 N–H and O–H groups in total. The summed E-state index contributed by atoms with van der Waals surface area (Å²) in [6, 6.07) is 15.6. The number of carbonyl (C=O) groups excluding carboxylic acids is 1. The third kappa shape index (κ3) is 1.77. The van der Waals surface area contributed by atoms with Crippen LogP contribution in [0.25, 0.3) is 0 Å². The fourth-order valence-corrected chi connectivity index (χ4v) is 3.72. The van der Waals surface area contributed by atoms with Crippen LogP contribution in [0, 0.1) is 0 Å². The van der Waals surface area contributed by atoms with E-state index in [1.807, 2.05) is 48.5 Å². The molecule has 2 atom stereocenters. The first-order valence-corrected chi connectivity index (χ1v) is 7.54. The van der Waals surface area contributed by atoms with E-state index in [-0.39, 0.29) is 15.4 Å². The molecule has 2 aromatic carbocycles. The number of rotatable bonds is 0. The van der Waals surface area contributed by atoms with Crippen molar-refractivity contribution in [3.8, 4) is 0 Å². The van der Waals surface area contributed by atoms with Crippen molar-refractivity contribution < 1.29 is 4.79 Å². The quantitative estimate of drug-likeness (QED) is 0.612. The molecule has 3 heteroatoms. The molecule has 0 saturated carbocycles. The van der Waals surface area contributed by atoms with E-state index in [1.54, 1.807) is 0 Å². The smallest absolute Gasteiger partial charge is 0.193 e. The van der Waals surface area contributed by atoms with Crippen molar-refractivity contribution in [2.45, 2.75) is 9.65 Å². The molecular formula is C15H10Br2O. The van der Waals surface area contributed by atoms with Gasteiger partial charge in [-0.2, -0.15) is 0 Å². The van der Waals surface area contributed by atoms with E-state index in [9.17, 15) is 4.79 Å². The molecule has 0 aromatic heterocycles. The number of fused-ring (bicyclic) bond motifs is 2. The van der Waals surface area contributed by atoms with Crippen LogP contribution in [-0.4, -0.2) is 5.78 Å². The van der Waals surface area contributed by atoms with E-state index in [0.29, 0.717) is 0 Å². The molecule has 18 heavy (non-hydrogen) atoms. The summed E-state index contributed by atoms with van der Waals surface area (Å²) in [6.07, 6.45) is 0. The van der Waals surface area contributed by atoms with Gasteiger partial charge < -0.3 is 0 Å². The summed E-state index contributed by atoms with van der Waals surface area (Å²) >= 11 is 7.40. The minimum atomic E-state index is 0.0984. The molecule has 0 amide bonds. The van der Waals surface area contributed by atoms with Crippen LogP contribution in [-0.2, 0) is 0 Å². The Bertz CT molecular complexity index is 568. The van der Waals surface area contributed by atoms with Gasteiger partial charge in [0.2, 0.25) is 0 Å². The molecule has 1 aliphatic rings. The molecule has 0 unspecified atom stereocenters. The molecule has 0 spiro atoms. The Morgan fingerprint density at radius 3 is 1.56 bits per heavy atom. The first-order chi connectivity index (χ1) is 8.70. The molecule has 0 aliphatic heterocycles. The second-order valence-electron chi connectivity index (χ2n) is 4.31. The lowest BCUT2D eigenvalue weighted by Gasteiger charge is -2.16. The maximum absolute atomic E-state index is 12.6. The van der Waals surface area contributed by atoms with Crippen molar-refractivity contribution in [1.82, 2.24) is 0 Å². The fourth-order valence-electron chi connectivity index (χ4n) is 2.35. The zero-order valence-electron chi connectivity index (χ0n) is 9.44. The average molecular weight is 366 g/mol. The van der Waals surface area contributed by atoms with Crippen molar-refractivity contribution in [2.24, 2.45) is 0 Å². The first-order valence-electron chi connectivity index (χ1n) is 5.71. The Hall–Kier alpha value is -0.930. The number of benzene rings is 2. The maximum atomic E-state index is 12.6. The second-order valence-corrected chi connectivity index (χ2v) is 6.28. The van der Waals surface area contributed by atoms with Gasteiger partial charge in [0.25, 0.3) is 0 Å². The zero-order valence-corrected chi connectivity index (χ0v) is 12.6. The van der Waals surface area contributed by atoms with Gasteiger partial charge in [-0.15, -0.1) is 0 Å². The third-order valence-electron chi connectivity index (χ3n) is 3.26. The SMILES string of the molecule is O=C1c2ccccc2[C@@H](Br)[C@H](Br)c2ccccc21. The van der Waals surface area contributed by atoms with Gasteiger partial charge >= 0.3 is 0 Å². The van der Waals surface area contributed by atoms with E-state index in [4.69, 9.17) is 0 Å². The summed E-state index contributed by atoms with van der Waals surface area (Å²) in [6.45, 7) is 0. The number of carbonyl (C=O) groups is 1. The van der Waals surface area contributed by atoms with Gasteiger partial charge in [-0.05, 0) is 11.1 Å². The van der Waals surface area contributed by atoms with Crippen molar-refractivity contribution in [2.75, 3.05) is 0 Å². The fraction of sp³-hybridized carbons (Fsp3) is 0.133. The Morgan fingerprint density at radius 1 is 0.722 bits per heavy atom. The molecule has 90 valence electrons. The predicted molar refractivity (Wildman–Crippen MR) is 79.7 cm³/mol. The van der Waals surface area contributed by atoms with Gasteiger partial charge in [0.05, 0.1) is 9.65 Å². The Morgan fingerprint density at radius 2 is 1.11 bits per heavy atom. The summed E-state index contributed by atoms with van der Waals surface area (Å²) in [7, 11) is 0. The van der Waals surface area contributed by atoms with Crippen LogP contribution in [0.3, 0.4) is 0 Å². The van der Waals surface area contributed by atoms with Gasteiger partial charge in [-0.25, -0.2) is 0 Å². The molecule has 0 saturated heterocycles. The van der Waals surface area contributed by atoms with Crippen LogP contribution < -0.4 is 0 Å². The molecule has 1 aliphatic carbocycles. The van der Waals surface area contributed by atoms with Gasteiger partial charge in [-0.1, -0.05) is 80.4 Å². The lowest BCUT2D eigenvalue weighted by molar-refractivity contribution is 0.103. The monoisotopic (exact) mass is 364 g/mol. The molecule has 0 heterocycles. The van der Waals surface area contributed by atoms with Crippen molar-refractivity contribution in [1.29, 1.82) is 0 Å². The maximum Gasteiger partial charge on any atom is 0.193 e. The Balaban J connectivity index is 2.31. The second kappa shape index (κ2) is 4.63. The van der Waals surface area contributed by atoms with Crippen molar-refractivity contribution >= 4 is 37.6 Å². The van der Waals surface area contributed by atoms with Gasteiger partial charge in [0.1, 0.15) is 0 Å². The summed E-state index contributed by atoms with van der Waals surface area (Å²) < 4.78 is 0. The standard InChI is InChI=1S/C15H10Br2O/c16-13-9-5-1-3-7-11(9)15(18)12-8-4-2-6-10(12)14(13)17/h1-8,13-14H/t13-,14-/m1/s1. The van der Waals surface area contributed by atoms with Crippen LogP contribution in [0.1, 0.15) is 36.7 Å². The van der Waals surface area contributed by atoms with E-state index in [1.165, 1.54) is 0 Å². The molecule has 2 aromatic rings. The Kier molecular flexibility index (Phi) is 3.12. The highest BCUT2D eigenvalue weighted by molar-refractivity contribution is 9.12. The number of hydrogen-bond donors (Lipinski definition) is 0. The summed E-state index contributed by atoms with van der Waals surface area (Å²) in [5, 5.41) is 0. The van der Waals surface area contributed by atoms with E-state index < -0.39 is 0 Å². The van der Waals surface area contributed by atoms with Crippen LogP contribution >= 0.6 is 31.9 Å². The topological polar surface area (TPSA) is 17.1 Å². The molecular weight excluding hydrogens is 356 g/mol. The summed E-state index contributed by atoms with van der Waals surface area (Å²) in [5.74, 6) is 0.104. The van der Waals surface area contributed by atoms with E-state index >= 15 is 0 Å². The highest BCUT2D eigenvalue weighted by Gasteiger charge is 2.31. The van der Waals surface area contributed by atoms with Crippen LogP contribution in [0.4, 0.5) is 0 Å². The summed E-state index contributed by atoms with van der Waals surface area (Å²) in [5.41, 5.74) is 3.66. The molecule has 0 radical (unpaired) electrons.